The second-order valence-electron chi connectivity index (χ2n) is 4.36. The number of nitrogens with two attached hydrogens (primary N) is 1. The maximum Gasteiger partial charge on any atom is 0.189 e. The average Bonchev–Trinajstić information content (AvgIpc) is 2.47. The van der Waals surface area contributed by atoms with Crippen molar-refractivity contribution in [2.45, 2.75) is 25.6 Å². The molecule has 0 aliphatic heterocycles. The van der Waals surface area contributed by atoms with E-state index in [-0.39, 0.29) is 18.0 Å². The number of nitriles is 1. The summed E-state index contributed by atoms with van der Waals surface area (Å²) in [5.41, 5.74) is 7.76. The molecule has 0 bridgehead atoms. The van der Waals surface area contributed by atoms with Crippen LogP contribution < -0.4 is 10.5 Å². The minimum atomic E-state index is 0.190. The molecule has 5 nitrogen and oxygen atoms in total. The number of nitrogens with zero attached hydrogens (tertiary/aromatic N) is 3. The Kier molecular flexibility index (Phi) is 5.01. The van der Waals surface area contributed by atoms with Gasteiger partial charge in [-0.05, 0) is 24.8 Å². The molecule has 0 atom stereocenters. The number of hydrogen-bond donors (Lipinski definition) is 1. The highest BCUT2D eigenvalue weighted by Gasteiger charge is 2.13. The van der Waals surface area contributed by atoms with Crippen molar-refractivity contribution in [3.05, 3.63) is 41.1 Å². The summed E-state index contributed by atoms with van der Waals surface area (Å²) in [4.78, 5) is 8.46. The molecule has 2 N–H and O–H groups in total. The Morgan fingerprint density at radius 3 is 2.62 bits per heavy atom. The summed E-state index contributed by atoms with van der Waals surface area (Å²) >= 11 is 1.48. The maximum absolute atomic E-state index is 9.18. The van der Waals surface area contributed by atoms with Crippen LogP contribution in [0.2, 0.25) is 0 Å². The van der Waals surface area contributed by atoms with Crippen LogP contribution in [0.25, 0.3) is 0 Å². The lowest BCUT2D eigenvalue weighted by atomic mass is 10.2. The van der Waals surface area contributed by atoms with E-state index in [1.54, 1.807) is 0 Å². The largest absolute Gasteiger partial charge is 0.487 e. The van der Waals surface area contributed by atoms with E-state index in [1.165, 1.54) is 11.8 Å². The fourth-order valence-electron chi connectivity index (χ4n) is 1.71. The Morgan fingerprint density at radius 2 is 2.00 bits per heavy atom. The van der Waals surface area contributed by atoms with E-state index < -0.39 is 0 Å². The second-order valence-corrected chi connectivity index (χ2v) is 5.59. The first-order valence-electron chi connectivity index (χ1n) is 6.52. The fourth-order valence-corrected chi connectivity index (χ4v) is 2.31. The third-order valence-corrected chi connectivity index (χ3v) is 3.50. The van der Waals surface area contributed by atoms with Gasteiger partial charge in [-0.2, -0.15) is 5.26 Å². The first kappa shape index (κ1) is 15.1. The van der Waals surface area contributed by atoms with Crippen LogP contribution in [-0.2, 0) is 6.61 Å². The Bertz CT molecular complexity index is 665. The first-order valence-corrected chi connectivity index (χ1v) is 7.51. The van der Waals surface area contributed by atoms with Gasteiger partial charge in [0.25, 0.3) is 0 Å². The summed E-state index contributed by atoms with van der Waals surface area (Å²) in [6.07, 6.45) is 0. The van der Waals surface area contributed by atoms with Crippen molar-refractivity contribution in [2.75, 3.05) is 11.5 Å². The molecular weight excluding hydrogens is 284 g/mol. The quantitative estimate of drug-likeness (QED) is 0.675. The van der Waals surface area contributed by atoms with Crippen molar-refractivity contribution in [3.63, 3.8) is 0 Å². The molecule has 0 unspecified atom stereocenters. The average molecular weight is 300 g/mol. The van der Waals surface area contributed by atoms with Gasteiger partial charge in [0.2, 0.25) is 0 Å². The number of nitrogen functional groups attached to an aromatic ring is 1. The summed E-state index contributed by atoms with van der Waals surface area (Å²) in [6.45, 7) is 4.21. The summed E-state index contributed by atoms with van der Waals surface area (Å²) in [5, 5.41) is 9.75. The van der Waals surface area contributed by atoms with Crippen LogP contribution in [-0.4, -0.2) is 15.7 Å². The van der Waals surface area contributed by atoms with Crippen LogP contribution in [0.15, 0.2) is 29.4 Å². The molecule has 21 heavy (non-hydrogen) atoms. The van der Waals surface area contributed by atoms with Gasteiger partial charge < -0.3 is 10.5 Å². The lowest BCUT2D eigenvalue weighted by molar-refractivity contribution is 0.299. The number of hydrogen-bond acceptors (Lipinski definition) is 6. The van der Waals surface area contributed by atoms with Crippen molar-refractivity contribution in [1.29, 1.82) is 5.26 Å². The number of anilines is 1. The summed E-state index contributed by atoms with van der Waals surface area (Å²) < 4.78 is 5.67. The smallest absolute Gasteiger partial charge is 0.189 e. The number of benzene rings is 1. The highest BCUT2D eigenvalue weighted by atomic mass is 32.2. The summed E-state index contributed by atoms with van der Waals surface area (Å²) in [5.74, 6) is 1.76. The minimum Gasteiger partial charge on any atom is -0.487 e. The normalized spacial score (nSPS) is 10.1. The molecule has 2 rings (SSSR count). The van der Waals surface area contributed by atoms with E-state index >= 15 is 0 Å². The van der Waals surface area contributed by atoms with Gasteiger partial charge in [0.05, 0.1) is 0 Å². The van der Waals surface area contributed by atoms with Crippen LogP contribution in [0.1, 0.15) is 23.7 Å². The van der Waals surface area contributed by atoms with Gasteiger partial charge in [-0.25, -0.2) is 9.97 Å². The maximum atomic E-state index is 9.18. The molecule has 1 aromatic carbocycles. The van der Waals surface area contributed by atoms with Crippen LogP contribution >= 0.6 is 11.8 Å². The lowest BCUT2D eigenvalue weighted by Crippen LogP contribution is -2.08. The lowest BCUT2D eigenvalue weighted by Gasteiger charge is -2.09. The van der Waals surface area contributed by atoms with Crippen molar-refractivity contribution in [3.8, 4) is 11.8 Å². The number of aromatic nitrogens is 2. The predicted molar refractivity (Wildman–Crippen MR) is 83.1 cm³/mol. The Hall–Kier alpha value is -2.26. The van der Waals surface area contributed by atoms with Gasteiger partial charge in [0.15, 0.2) is 5.16 Å². The fraction of sp³-hybridized carbons (Fsp3) is 0.267. The Labute approximate surface area is 128 Å². The van der Waals surface area contributed by atoms with Gasteiger partial charge >= 0.3 is 0 Å². The van der Waals surface area contributed by atoms with Gasteiger partial charge in [-0.3, -0.25) is 0 Å². The van der Waals surface area contributed by atoms with Gasteiger partial charge in [0, 0.05) is 0 Å². The van der Waals surface area contributed by atoms with E-state index in [2.05, 4.69) is 9.97 Å². The second kappa shape index (κ2) is 6.95. The summed E-state index contributed by atoms with van der Waals surface area (Å²) in [6, 6.07) is 9.74. The zero-order valence-electron chi connectivity index (χ0n) is 12.0. The Morgan fingerprint density at radius 1 is 1.29 bits per heavy atom. The molecule has 0 amide bonds. The van der Waals surface area contributed by atoms with Gasteiger partial charge in [0.1, 0.15) is 35.5 Å². The number of thioether (sulfide) groups is 1. The third-order valence-electron chi connectivity index (χ3n) is 2.77. The molecule has 2 aromatic rings. The van der Waals surface area contributed by atoms with Crippen molar-refractivity contribution < 1.29 is 4.74 Å². The molecule has 0 saturated heterocycles. The van der Waals surface area contributed by atoms with Crippen molar-refractivity contribution in [1.82, 2.24) is 9.97 Å². The van der Waals surface area contributed by atoms with Crippen LogP contribution in [0.4, 0.5) is 5.82 Å². The molecule has 0 aliphatic carbocycles. The van der Waals surface area contributed by atoms with Crippen molar-refractivity contribution in [2.24, 2.45) is 0 Å². The Balaban J connectivity index is 2.21. The number of rotatable bonds is 5. The highest BCUT2D eigenvalue weighted by molar-refractivity contribution is 7.99. The SMILES string of the molecule is CCSc1nc(N)c(C#N)c(COc2ccc(C)cc2)n1. The summed E-state index contributed by atoms with van der Waals surface area (Å²) in [7, 11) is 0. The number of ether oxygens (including phenoxy) is 1. The molecular formula is C15H16N4OS. The highest BCUT2D eigenvalue weighted by Crippen LogP contribution is 2.21. The van der Waals surface area contributed by atoms with E-state index in [0.717, 1.165) is 17.1 Å². The predicted octanol–water partition coefficient (Wildman–Crippen LogP) is 2.93. The zero-order valence-corrected chi connectivity index (χ0v) is 12.8. The topological polar surface area (TPSA) is 84.8 Å². The van der Waals surface area contributed by atoms with Crippen molar-refractivity contribution >= 4 is 17.6 Å². The zero-order chi connectivity index (χ0) is 15.2. The molecule has 0 fully saturated rings. The van der Waals surface area contributed by atoms with E-state index in [1.807, 2.05) is 44.2 Å². The monoisotopic (exact) mass is 300 g/mol. The molecule has 0 aliphatic rings. The standard InChI is InChI=1S/C15H16N4OS/c1-3-21-15-18-13(12(8-16)14(17)19-15)9-20-11-6-4-10(2)5-7-11/h4-7H,3,9H2,1-2H3,(H2,17,18,19). The molecule has 1 aromatic heterocycles. The molecule has 0 radical (unpaired) electrons. The minimum absolute atomic E-state index is 0.190. The molecule has 1 heterocycles. The third kappa shape index (κ3) is 3.86. The molecule has 6 heteroatoms. The van der Waals surface area contributed by atoms with E-state index in [0.29, 0.717) is 10.9 Å². The van der Waals surface area contributed by atoms with Gasteiger partial charge in [-0.1, -0.05) is 36.4 Å². The van der Waals surface area contributed by atoms with Gasteiger partial charge in [-0.15, -0.1) is 0 Å². The molecule has 108 valence electrons. The number of aryl methyl sites for hydroxylation is 1. The van der Waals surface area contributed by atoms with E-state index in [4.69, 9.17) is 10.5 Å². The van der Waals surface area contributed by atoms with Crippen LogP contribution in [0.3, 0.4) is 0 Å². The molecule has 0 saturated carbocycles. The van der Waals surface area contributed by atoms with Crippen LogP contribution in [0, 0.1) is 18.3 Å². The van der Waals surface area contributed by atoms with E-state index in [9.17, 15) is 5.26 Å². The molecule has 0 spiro atoms. The first-order chi connectivity index (χ1) is 10.1. The van der Waals surface area contributed by atoms with Crippen LogP contribution in [0.5, 0.6) is 5.75 Å².